The van der Waals surface area contributed by atoms with Gasteiger partial charge in [0.2, 0.25) is 11.1 Å². The van der Waals surface area contributed by atoms with E-state index in [9.17, 15) is 9.59 Å². The maximum Gasteiger partial charge on any atom is 0.341 e. The van der Waals surface area contributed by atoms with Crippen LogP contribution >= 0.6 is 0 Å². The zero-order valence-electron chi connectivity index (χ0n) is 8.77. The fourth-order valence-electron chi connectivity index (χ4n) is 1.51. The molecule has 0 aliphatic rings. The smallest absolute Gasteiger partial charge is 0.341 e. The van der Waals surface area contributed by atoms with E-state index in [1.807, 2.05) is 13.8 Å². The van der Waals surface area contributed by atoms with Gasteiger partial charge in [-0.15, -0.1) is 0 Å². The minimum absolute atomic E-state index is 0.00797. The van der Waals surface area contributed by atoms with Crippen molar-refractivity contribution in [3.63, 3.8) is 0 Å². The average Bonchev–Trinajstić information content (AvgIpc) is 2.61. The number of pyridine rings is 1. The molecule has 2 aromatic rings. The van der Waals surface area contributed by atoms with Crippen molar-refractivity contribution in [1.82, 2.24) is 10.1 Å². The lowest BCUT2D eigenvalue weighted by Crippen LogP contribution is -2.15. The molecule has 0 aromatic carbocycles. The Labute approximate surface area is 89.9 Å². The number of carbonyl (C=O) groups is 1. The summed E-state index contributed by atoms with van der Waals surface area (Å²) >= 11 is 0. The molecule has 0 aliphatic carbocycles. The summed E-state index contributed by atoms with van der Waals surface area (Å²) < 4.78 is 4.93. The van der Waals surface area contributed by atoms with Gasteiger partial charge in [0.05, 0.1) is 5.69 Å². The quantitative estimate of drug-likeness (QED) is 0.799. The zero-order valence-corrected chi connectivity index (χ0v) is 8.77. The predicted octanol–water partition coefficient (Wildman–Crippen LogP) is 1.34. The summed E-state index contributed by atoms with van der Waals surface area (Å²) in [4.78, 5) is 25.3. The van der Waals surface area contributed by atoms with E-state index in [0.717, 1.165) is 6.20 Å². The van der Waals surface area contributed by atoms with Crippen LogP contribution in [-0.4, -0.2) is 21.2 Å². The van der Waals surface area contributed by atoms with E-state index < -0.39 is 11.4 Å². The molecule has 6 nitrogen and oxygen atoms in total. The van der Waals surface area contributed by atoms with Crippen molar-refractivity contribution in [2.45, 2.75) is 19.8 Å². The van der Waals surface area contributed by atoms with Gasteiger partial charge in [0.1, 0.15) is 10.9 Å². The molecule has 2 aromatic heterocycles. The van der Waals surface area contributed by atoms with Gasteiger partial charge in [-0.1, -0.05) is 19.0 Å². The minimum Gasteiger partial charge on any atom is -0.477 e. The molecule has 2 heterocycles. The molecular weight excluding hydrogens is 212 g/mol. The summed E-state index contributed by atoms with van der Waals surface area (Å²) in [5.74, 6) is -1.27. The van der Waals surface area contributed by atoms with Crippen LogP contribution < -0.4 is 5.43 Å². The van der Waals surface area contributed by atoms with Crippen molar-refractivity contribution >= 4 is 17.1 Å². The second-order valence-electron chi connectivity index (χ2n) is 3.76. The Morgan fingerprint density at radius 1 is 1.56 bits per heavy atom. The molecule has 2 N–H and O–H groups in total. The second-order valence-corrected chi connectivity index (χ2v) is 3.76. The van der Waals surface area contributed by atoms with Gasteiger partial charge in [0, 0.05) is 6.20 Å². The number of nitrogens with one attached hydrogen (secondary N) is 1. The average molecular weight is 222 g/mol. The fraction of sp³-hybridized carbons (Fsp3) is 0.300. The Balaban J connectivity index is 2.86. The van der Waals surface area contributed by atoms with Crippen molar-refractivity contribution in [1.29, 1.82) is 0 Å². The van der Waals surface area contributed by atoms with Crippen LogP contribution in [0.2, 0.25) is 0 Å². The molecule has 6 heteroatoms. The molecule has 0 atom stereocenters. The first kappa shape index (κ1) is 10.4. The number of carboxylic acids is 1. The number of nitrogens with zero attached hydrogens (tertiary/aromatic N) is 1. The van der Waals surface area contributed by atoms with Crippen LogP contribution in [0.1, 0.15) is 35.8 Å². The second kappa shape index (κ2) is 3.48. The largest absolute Gasteiger partial charge is 0.477 e. The van der Waals surface area contributed by atoms with E-state index in [-0.39, 0.29) is 22.6 Å². The Morgan fingerprint density at radius 3 is 2.81 bits per heavy atom. The Kier molecular flexibility index (Phi) is 2.26. The van der Waals surface area contributed by atoms with Crippen LogP contribution in [-0.2, 0) is 0 Å². The van der Waals surface area contributed by atoms with E-state index in [0.29, 0.717) is 5.69 Å². The molecule has 0 bridgehead atoms. The molecule has 0 spiro atoms. The minimum atomic E-state index is -1.26. The van der Waals surface area contributed by atoms with E-state index in [1.54, 1.807) is 0 Å². The highest BCUT2D eigenvalue weighted by molar-refractivity contribution is 5.91. The van der Waals surface area contributed by atoms with Crippen molar-refractivity contribution in [2.75, 3.05) is 0 Å². The van der Waals surface area contributed by atoms with Gasteiger partial charge >= 0.3 is 5.97 Å². The predicted molar refractivity (Wildman–Crippen MR) is 55.7 cm³/mol. The highest BCUT2D eigenvalue weighted by atomic mass is 16.5. The van der Waals surface area contributed by atoms with Gasteiger partial charge < -0.3 is 14.6 Å². The van der Waals surface area contributed by atoms with Crippen LogP contribution in [0.5, 0.6) is 0 Å². The number of H-pyrrole nitrogens is 1. The van der Waals surface area contributed by atoms with E-state index in [4.69, 9.17) is 9.63 Å². The van der Waals surface area contributed by atoms with Crippen LogP contribution in [0.25, 0.3) is 11.1 Å². The van der Waals surface area contributed by atoms with Gasteiger partial charge in [0.15, 0.2) is 0 Å². The zero-order chi connectivity index (χ0) is 11.9. The highest BCUT2D eigenvalue weighted by Gasteiger charge is 2.19. The maximum absolute atomic E-state index is 11.9. The monoisotopic (exact) mass is 222 g/mol. The molecule has 0 saturated heterocycles. The first-order valence-electron chi connectivity index (χ1n) is 4.76. The third-order valence-electron chi connectivity index (χ3n) is 2.32. The molecule has 0 amide bonds. The molecule has 2 rings (SSSR count). The Bertz CT molecular complexity index is 609. The lowest BCUT2D eigenvalue weighted by molar-refractivity contribution is 0.0695. The van der Waals surface area contributed by atoms with Gasteiger partial charge in [-0.25, -0.2) is 4.79 Å². The van der Waals surface area contributed by atoms with E-state index >= 15 is 0 Å². The summed E-state index contributed by atoms with van der Waals surface area (Å²) in [7, 11) is 0. The lowest BCUT2D eigenvalue weighted by atomic mass is 10.1. The number of aromatic amines is 1. The number of aromatic carboxylic acids is 1. The van der Waals surface area contributed by atoms with E-state index in [1.165, 1.54) is 0 Å². The van der Waals surface area contributed by atoms with Crippen LogP contribution in [0.3, 0.4) is 0 Å². The third-order valence-corrected chi connectivity index (χ3v) is 2.32. The highest BCUT2D eigenvalue weighted by Crippen LogP contribution is 2.20. The van der Waals surface area contributed by atoms with Crippen molar-refractivity contribution in [3.8, 4) is 0 Å². The molecular formula is C10H10N2O4. The number of carboxylic acid groups (broad SMARTS) is 1. The van der Waals surface area contributed by atoms with Gasteiger partial charge in [-0.05, 0) is 5.92 Å². The number of aromatic nitrogens is 2. The van der Waals surface area contributed by atoms with Crippen LogP contribution in [0, 0.1) is 0 Å². The number of hydrogen-bond donors (Lipinski definition) is 2. The topological polar surface area (TPSA) is 96.2 Å². The summed E-state index contributed by atoms with van der Waals surface area (Å²) in [6.07, 6.45) is 1.11. The third kappa shape index (κ3) is 1.39. The molecule has 16 heavy (non-hydrogen) atoms. The first-order valence-corrected chi connectivity index (χ1v) is 4.76. The Hall–Kier alpha value is -2.11. The molecule has 0 unspecified atom stereocenters. The SMILES string of the molecule is CC(C)c1noc2[nH]cc(C(=O)O)c(=O)c12. The standard InChI is InChI=1S/C10H10N2O4/c1-4(2)7-6-8(13)5(10(14)15)3-11-9(6)16-12-7/h3-4H,1-2H3,(H,11,13)(H,14,15). The molecule has 84 valence electrons. The van der Waals surface area contributed by atoms with Crippen LogP contribution in [0.15, 0.2) is 15.5 Å². The van der Waals surface area contributed by atoms with Crippen molar-refractivity contribution < 1.29 is 14.4 Å². The van der Waals surface area contributed by atoms with Gasteiger partial charge in [-0.3, -0.25) is 4.79 Å². The molecule has 0 saturated carbocycles. The lowest BCUT2D eigenvalue weighted by Gasteiger charge is -1.98. The molecule has 0 radical (unpaired) electrons. The summed E-state index contributed by atoms with van der Waals surface area (Å²) in [5.41, 5.74) is -0.193. The summed E-state index contributed by atoms with van der Waals surface area (Å²) in [6.45, 7) is 3.70. The van der Waals surface area contributed by atoms with Crippen molar-refractivity contribution in [3.05, 3.63) is 27.7 Å². The van der Waals surface area contributed by atoms with E-state index in [2.05, 4.69) is 10.1 Å². The van der Waals surface area contributed by atoms with Gasteiger partial charge in [0.25, 0.3) is 0 Å². The summed E-state index contributed by atoms with van der Waals surface area (Å²) in [5, 5.41) is 12.8. The normalized spacial score (nSPS) is 11.2. The fourth-order valence-corrected chi connectivity index (χ4v) is 1.51. The van der Waals surface area contributed by atoms with Crippen molar-refractivity contribution in [2.24, 2.45) is 0 Å². The molecule has 0 fully saturated rings. The first-order chi connectivity index (χ1) is 7.52. The Morgan fingerprint density at radius 2 is 2.25 bits per heavy atom. The molecule has 0 aliphatic heterocycles. The number of rotatable bonds is 2. The maximum atomic E-state index is 11.9. The summed E-state index contributed by atoms with van der Waals surface area (Å²) in [6, 6.07) is 0. The number of fused-ring (bicyclic) bond motifs is 1. The number of hydrogen-bond acceptors (Lipinski definition) is 4. The van der Waals surface area contributed by atoms with Crippen LogP contribution in [0.4, 0.5) is 0 Å². The van der Waals surface area contributed by atoms with Gasteiger partial charge in [-0.2, -0.15) is 0 Å².